The Bertz CT molecular complexity index is 470. The Morgan fingerprint density at radius 1 is 1.24 bits per heavy atom. The van der Waals surface area contributed by atoms with E-state index in [1.807, 2.05) is 0 Å². The lowest BCUT2D eigenvalue weighted by atomic mass is 9.99. The number of rotatable bonds is 6. The standard InChI is InChI=1S/C17H25BrN2O/c1-20(12-13-6-8-21-9-7-13)17-5-2-14(10-16(17)18)11-19-15-3-4-15/h2,5,10,13,15,19H,3-4,6-9,11-12H2,1H3. The summed E-state index contributed by atoms with van der Waals surface area (Å²) in [6.07, 6.45) is 5.05. The Morgan fingerprint density at radius 2 is 2.00 bits per heavy atom. The summed E-state index contributed by atoms with van der Waals surface area (Å²) in [5.74, 6) is 0.756. The summed E-state index contributed by atoms with van der Waals surface area (Å²) in [6.45, 7) is 3.94. The molecule has 0 amide bonds. The van der Waals surface area contributed by atoms with Crippen LogP contribution < -0.4 is 10.2 Å². The van der Waals surface area contributed by atoms with Crippen LogP contribution in [0.15, 0.2) is 22.7 Å². The van der Waals surface area contributed by atoms with Crippen LogP contribution in [0.1, 0.15) is 31.2 Å². The zero-order valence-electron chi connectivity index (χ0n) is 12.8. The smallest absolute Gasteiger partial charge is 0.0508 e. The second-order valence-electron chi connectivity index (χ2n) is 6.38. The molecule has 2 fully saturated rings. The van der Waals surface area contributed by atoms with Gasteiger partial charge in [0.2, 0.25) is 0 Å². The molecule has 0 bridgehead atoms. The molecule has 1 saturated heterocycles. The van der Waals surface area contributed by atoms with Gasteiger partial charge in [0.15, 0.2) is 0 Å². The van der Waals surface area contributed by atoms with Crippen molar-refractivity contribution < 1.29 is 4.74 Å². The minimum atomic E-state index is 0.756. The van der Waals surface area contributed by atoms with E-state index in [4.69, 9.17) is 4.74 Å². The molecule has 3 nitrogen and oxygen atoms in total. The van der Waals surface area contributed by atoms with Crippen LogP contribution in [0.3, 0.4) is 0 Å². The highest BCUT2D eigenvalue weighted by Crippen LogP contribution is 2.29. The number of anilines is 1. The summed E-state index contributed by atoms with van der Waals surface area (Å²) in [5, 5.41) is 3.57. The Balaban J connectivity index is 1.57. The van der Waals surface area contributed by atoms with Gasteiger partial charge in [0.05, 0.1) is 5.69 Å². The molecule has 4 heteroatoms. The molecule has 1 aliphatic heterocycles. The van der Waals surface area contributed by atoms with E-state index in [0.717, 1.165) is 38.3 Å². The summed E-state index contributed by atoms with van der Waals surface area (Å²) < 4.78 is 6.64. The number of halogens is 1. The largest absolute Gasteiger partial charge is 0.381 e. The van der Waals surface area contributed by atoms with E-state index in [2.05, 4.69) is 51.4 Å². The van der Waals surface area contributed by atoms with E-state index >= 15 is 0 Å². The van der Waals surface area contributed by atoms with E-state index in [9.17, 15) is 0 Å². The number of hydrogen-bond acceptors (Lipinski definition) is 3. The molecule has 0 atom stereocenters. The Hall–Kier alpha value is -0.580. The highest BCUT2D eigenvalue weighted by atomic mass is 79.9. The number of benzene rings is 1. The molecular formula is C17H25BrN2O. The number of nitrogens with zero attached hydrogens (tertiary/aromatic N) is 1. The van der Waals surface area contributed by atoms with Crippen molar-refractivity contribution in [3.63, 3.8) is 0 Å². The first-order valence-corrected chi connectivity index (χ1v) is 8.82. The molecule has 1 saturated carbocycles. The first kappa shape index (κ1) is 15.3. The van der Waals surface area contributed by atoms with Crippen LogP contribution in [-0.4, -0.2) is 32.8 Å². The van der Waals surface area contributed by atoms with Gasteiger partial charge in [-0.1, -0.05) is 6.07 Å². The average Bonchev–Trinajstić information content (AvgIpc) is 3.30. The van der Waals surface area contributed by atoms with Gasteiger partial charge in [-0.25, -0.2) is 0 Å². The molecule has 0 radical (unpaired) electrons. The molecule has 1 aromatic rings. The minimum Gasteiger partial charge on any atom is -0.381 e. The summed E-state index contributed by atoms with van der Waals surface area (Å²) in [7, 11) is 2.19. The predicted molar refractivity (Wildman–Crippen MR) is 90.8 cm³/mol. The van der Waals surface area contributed by atoms with Crippen LogP contribution in [0.2, 0.25) is 0 Å². The van der Waals surface area contributed by atoms with Crippen LogP contribution >= 0.6 is 15.9 Å². The first-order chi connectivity index (χ1) is 10.2. The zero-order valence-corrected chi connectivity index (χ0v) is 14.4. The van der Waals surface area contributed by atoms with Gasteiger partial charge in [0.1, 0.15) is 0 Å². The SMILES string of the molecule is CN(CC1CCOCC1)c1ccc(CNC2CC2)cc1Br. The quantitative estimate of drug-likeness (QED) is 0.846. The van der Waals surface area contributed by atoms with Gasteiger partial charge in [0, 0.05) is 43.9 Å². The molecule has 116 valence electrons. The molecule has 2 aliphatic rings. The van der Waals surface area contributed by atoms with E-state index in [1.165, 1.54) is 41.4 Å². The van der Waals surface area contributed by atoms with Crippen LogP contribution in [0.4, 0.5) is 5.69 Å². The Labute approximate surface area is 136 Å². The lowest BCUT2D eigenvalue weighted by molar-refractivity contribution is 0.0685. The fourth-order valence-electron chi connectivity index (χ4n) is 2.93. The van der Waals surface area contributed by atoms with Gasteiger partial charge in [-0.2, -0.15) is 0 Å². The maximum Gasteiger partial charge on any atom is 0.0508 e. The van der Waals surface area contributed by atoms with E-state index in [-0.39, 0.29) is 0 Å². The molecule has 1 heterocycles. The van der Waals surface area contributed by atoms with Crippen molar-refractivity contribution in [1.29, 1.82) is 0 Å². The normalized spacial score (nSPS) is 19.7. The Morgan fingerprint density at radius 3 is 2.67 bits per heavy atom. The maximum absolute atomic E-state index is 5.44. The fraction of sp³-hybridized carbons (Fsp3) is 0.647. The highest BCUT2D eigenvalue weighted by molar-refractivity contribution is 9.10. The second kappa shape index (κ2) is 7.12. The average molecular weight is 353 g/mol. The van der Waals surface area contributed by atoms with Crippen molar-refractivity contribution in [1.82, 2.24) is 5.32 Å². The van der Waals surface area contributed by atoms with E-state index in [0.29, 0.717) is 0 Å². The van der Waals surface area contributed by atoms with Gasteiger partial charge in [-0.3, -0.25) is 0 Å². The zero-order chi connectivity index (χ0) is 14.7. The number of ether oxygens (including phenoxy) is 1. The molecule has 0 aromatic heterocycles. The van der Waals surface area contributed by atoms with Gasteiger partial charge >= 0.3 is 0 Å². The van der Waals surface area contributed by atoms with E-state index in [1.54, 1.807) is 0 Å². The monoisotopic (exact) mass is 352 g/mol. The Kier molecular flexibility index (Phi) is 5.19. The summed E-state index contributed by atoms with van der Waals surface area (Å²) in [5.41, 5.74) is 2.65. The first-order valence-electron chi connectivity index (χ1n) is 8.03. The third-order valence-corrected chi connectivity index (χ3v) is 5.10. The maximum atomic E-state index is 5.44. The van der Waals surface area contributed by atoms with Crippen molar-refractivity contribution in [2.45, 2.75) is 38.3 Å². The van der Waals surface area contributed by atoms with Crippen LogP contribution in [0.5, 0.6) is 0 Å². The van der Waals surface area contributed by atoms with Gasteiger partial charge < -0.3 is 15.0 Å². The topological polar surface area (TPSA) is 24.5 Å². The highest BCUT2D eigenvalue weighted by Gasteiger charge is 2.20. The molecule has 1 N–H and O–H groups in total. The van der Waals surface area contributed by atoms with Gasteiger partial charge in [-0.15, -0.1) is 0 Å². The van der Waals surface area contributed by atoms with Crippen molar-refractivity contribution in [2.75, 3.05) is 31.7 Å². The second-order valence-corrected chi connectivity index (χ2v) is 7.23. The van der Waals surface area contributed by atoms with Crippen LogP contribution in [-0.2, 0) is 11.3 Å². The predicted octanol–water partition coefficient (Wildman–Crippen LogP) is 3.56. The van der Waals surface area contributed by atoms with Crippen molar-refractivity contribution >= 4 is 21.6 Å². The molecular weight excluding hydrogens is 328 g/mol. The lowest BCUT2D eigenvalue weighted by Crippen LogP contribution is -2.29. The van der Waals surface area contributed by atoms with Crippen LogP contribution in [0, 0.1) is 5.92 Å². The molecule has 0 spiro atoms. The van der Waals surface area contributed by atoms with Crippen molar-refractivity contribution in [3.05, 3.63) is 28.2 Å². The lowest BCUT2D eigenvalue weighted by Gasteiger charge is -2.29. The van der Waals surface area contributed by atoms with Crippen molar-refractivity contribution in [3.8, 4) is 0 Å². The molecule has 0 unspecified atom stereocenters. The van der Waals surface area contributed by atoms with E-state index < -0.39 is 0 Å². The minimum absolute atomic E-state index is 0.756. The summed E-state index contributed by atoms with van der Waals surface area (Å²) >= 11 is 3.74. The molecule has 21 heavy (non-hydrogen) atoms. The third kappa shape index (κ3) is 4.44. The number of nitrogens with one attached hydrogen (secondary N) is 1. The number of hydrogen-bond donors (Lipinski definition) is 1. The molecule has 3 rings (SSSR count). The third-order valence-electron chi connectivity index (χ3n) is 4.47. The summed E-state index contributed by atoms with van der Waals surface area (Å²) in [4.78, 5) is 2.37. The molecule has 1 aromatic carbocycles. The van der Waals surface area contributed by atoms with Crippen LogP contribution in [0.25, 0.3) is 0 Å². The fourth-order valence-corrected chi connectivity index (χ4v) is 3.66. The van der Waals surface area contributed by atoms with Gasteiger partial charge in [-0.05, 0) is 65.2 Å². The van der Waals surface area contributed by atoms with Gasteiger partial charge in [0.25, 0.3) is 0 Å². The molecule has 1 aliphatic carbocycles. The summed E-state index contributed by atoms with van der Waals surface area (Å²) in [6, 6.07) is 7.51. The van der Waals surface area contributed by atoms with Crippen molar-refractivity contribution in [2.24, 2.45) is 5.92 Å².